The number of likely N-dealkylation sites (tertiary alicyclic amines) is 1. The smallest absolute Gasteiger partial charge is 0.252 e. The largest absolute Gasteiger partial charge is 0.387 e. The molecule has 12 heteroatoms. The number of hydrogen-bond acceptors (Lipinski definition) is 9. The van der Waals surface area contributed by atoms with Gasteiger partial charge in [0.1, 0.15) is 17.7 Å². The fraction of sp³-hybridized carbons (Fsp3) is 0.591. The quantitative estimate of drug-likeness (QED) is 0.416. The summed E-state index contributed by atoms with van der Waals surface area (Å²) in [6, 6.07) is 0. The summed E-state index contributed by atoms with van der Waals surface area (Å²) in [6.45, 7) is 5.17. The number of nitrogens with one attached hydrogen (secondary N) is 1. The third-order valence-electron chi connectivity index (χ3n) is 6.22. The number of hydrogen-bond donors (Lipinski definition) is 4. The third kappa shape index (κ3) is 4.68. The van der Waals surface area contributed by atoms with E-state index in [-0.39, 0.29) is 23.2 Å². The predicted octanol–water partition coefficient (Wildman–Crippen LogP) is -0.836. The number of nitrogens with two attached hydrogens (primary N) is 1. The van der Waals surface area contributed by atoms with Gasteiger partial charge in [-0.3, -0.25) is 14.2 Å². The number of nitrogens with zero attached hydrogens (tertiary/aromatic N) is 5. The van der Waals surface area contributed by atoms with E-state index in [1.165, 1.54) is 10.9 Å². The van der Waals surface area contributed by atoms with Crippen LogP contribution in [0.3, 0.4) is 0 Å². The highest BCUT2D eigenvalue weighted by Gasteiger charge is 2.47. The number of nitrogen functional groups attached to an aromatic ring is 1. The number of likely N-dealkylation sites (N-methyl/N-ethyl adjacent to an activating group) is 1. The molecule has 0 bridgehead atoms. The molecule has 5 N–H and O–H groups in total. The van der Waals surface area contributed by atoms with Crippen molar-refractivity contribution in [1.29, 1.82) is 0 Å². The van der Waals surface area contributed by atoms with Crippen LogP contribution in [0.4, 0.5) is 5.82 Å². The van der Waals surface area contributed by atoms with Crippen LogP contribution in [0.1, 0.15) is 45.2 Å². The Bertz CT molecular complexity index is 1130. The molecule has 0 spiro atoms. The number of aliphatic hydroxyl groups is 2. The van der Waals surface area contributed by atoms with Crippen molar-refractivity contribution in [2.75, 3.05) is 25.4 Å². The van der Waals surface area contributed by atoms with E-state index in [0.29, 0.717) is 24.4 Å². The lowest BCUT2D eigenvalue weighted by molar-refractivity contribution is -0.137. The van der Waals surface area contributed by atoms with Gasteiger partial charge in [0.2, 0.25) is 11.7 Å². The van der Waals surface area contributed by atoms with E-state index in [0.717, 1.165) is 25.9 Å². The van der Waals surface area contributed by atoms with Crippen LogP contribution in [0.15, 0.2) is 6.33 Å². The van der Waals surface area contributed by atoms with Crippen molar-refractivity contribution in [2.24, 2.45) is 5.92 Å². The molecule has 2 aromatic rings. The highest BCUT2D eigenvalue weighted by molar-refractivity contribution is 5.83. The minimum Gasteiger partial charge on any atom is -0.387 e. The molecule has 2 aromatic heterocycles. The first kappa shape index (κ1) is 23.9. The molecular weight excluding hydrogens is 442 g/mol. The fourth-order valence-electron chi connectivity index (χ4n) is 4.29. The van der Waals surface area contributed by atoms with Crippen LogP contribution < -0.4 is 11.1 Å². The summed E-state index contributed by atoms with van der Waals surface area (Å²) in [6.07, 6.45) is -1.30. The lowest BCUT2D eigenvalue weighted by Crippen LogP contribution is -2.42. The van der Waals surface area contributed by atoms with Crippen molar-refractivity contribution in [3.8, 4) is 11.8 Å². The fourth-order valence-corrected chi connectivity index (χ4v) is 4.29. The van der Waals surface area contributed by atoms with Crippen LogP contribution in [0.25, 0.3) is 11.2 Å². The SMILES string of the molecule is CCNC(=O)[C@H]1O[C@@H](n2cnc3c(N)nc(C#CCC4CCN(C(C)=O)CC4)nc32)[C@H](O)[C@@H]1O. The van der Waals surface area contributed by atoms with Crippen molar-refractivity contribution >= 4 is 28.8 Å². The Labute approximate surface area is 196 Å². The summed E-state index contributed by atoms with van der Waals surface area (Å²) in [5.41, 5.74) is 6.63. The molecular formula is C22H29N7O5. The van der Waals surface area contributed by atoms with Gasteiger partial charge in [-0.2, -0.15) is 0 Å². The molecule has 0 saturated carbocycles. The van der Waals surface area contributed by atoms with Crippen molar-refractivity contribution in [3.05, 3.63) is 12.2 Å². The normalized spacial score (nSPS) is 25.2. The van der Waals surface area contributed by atoms with E-state index in [9.17, 15) is 19.8 Å². The molecule has 0 aromatic carbocycles. The van der Waals surface area contributed by atoms with Crippen molar-refractivity contribution in [2.45, 2.75) is 57.6 Å². The van der Waals surface area contributed by atoms with Gasteiger partial charge < -0.3 is 30.9 Å². The average Bonchev–Trinajstić information content (AvgIpc) is 3.36. The topological polar surface area (TPSA) is 169 Å². The Morgan fingerprint density at radius 2 is 2.00 bits per heavy atom. The van der Waals surface area contributed by atoms with Gasteiger partial charge in [0, 0.05) is 33.0 Å². The molecule has 4 rings (SSSR count). The van der Waals surface area contributed by atoms with Crippen molar-refractivity contribution < 1.29 is 24.5 Å². The second kappa shape index (κ2) is 9.92. The highest BCUT2D eigenvalue weighted by Crippen LogP contribution is 2.32. The zero-order chi connectivity index (χ0) is 24.4. The second-order valence-corrected chi connectivity index (χ2v) is 8.53. The first-order chi connectivity index (χ1) is 16.3. The lowest BCUT2D eigenvalue weighted by atomic mass is 9.94. The maximum absolute atomic E-state index is 12.2. The summed E-state index contributed by atoms with van der Waals surface area (Å²) in [4.78, 5) is 38.3. The van der Waals surface area contributed by atoms with Gasteiger partial charge in [0.15, 0.2) is 23.8 Å². The number of rotatable bonds is 4. The number of aromatic nitrogens is 4. The molecule has 4 heterocycles. The molecule has 2 aliphatic heterocycles. The molecule has 182 valence electrons. The Morgan fingerprint density at radius 1 is 1.26 bits per heavy atom. The van der Waals surface area contributed by atoms with Gasteiger partial charge in [0.05, 0.1) is 6.33 Å². The van der Waals surface area contributed by atoms with Gasteiger partial charge in [-0.25, -0.2) is 15.0 Å². The number of piperidine rings is 1. The van der Waals surface area contributed by atoms with E-state index in [4.69, 9.17) is 10.5 Å². The number of ether oxygens (including phenoxy) is 1. The van der Waals surface area contributed by atoms with Gasteiger partial charge in [-0.1, -0.05) is 5.92 Å². The highest BCUT2D eigenvalue weighted by atomic mass is 16.6. The van der Waals surface area contributed by atoms with Gasteiger partial charge in [-0.05, 0) is 31.6 Å². The van der Waals surface area contributed by atoms with Crippen LogP contribution in [-0.2, 0) is 14.3 Å². The molecule has 2 amide bonds. The molecule has 0 aliphatic carbocycles. The second-order valence-electron chi connectivity index (χ2n) is 8.53. The third-order valence-corrected chi connectivity index (χ3v) is 6.22. The summed E-state index contributed by atoms with van der Waals surface area (Å²) in [5, 5.41) is 23.4. The monoisotopic (exact) mass is 471 g/mol. The number of imidazole rings is 1. The van der Waals surface area contributed by atoms with Crippen LogP contribution in [0.5, 0.6) is 0 Å². The Kier molecular flexibility index (Phi) is 6.97. The first-order valence-electron chi connectivity index (χ1n) is 11.3. The molecule has 34 heavy (non-hydrogen) atoms. The van der Waals surface area contributed by atoms with Gasteiger partial charge >= 0.3 is 0 Å². The molecule has 2 aliphatic rings. The minimum atomic E-state index is -1.41. The van der Waals surface area contributed by atoms with E-state index in [1.807, 2.05) is 4.90 Å². The molecule has 2 saturated heterocycles. The minimum absolute atomic E-state index is 0.0968. The van der Waals surface area contributed by atoms with Gasteiger partial charge in [0.25, 0.3) is 5.91 Å². The van der Waals surface area contributed by atoms with E-state index in [2.05, 4.69) is 32.1 Å². The molecule has 12 nitrogen and oxygen atoms in total. The summed E-state index contributed by atoms with van der Waals surface area (Å²) >= 11 is 0. The predicted molar refractivity (Wildman–Crippen MR) is 121 cm³/mol. The molecule has 0 radical (unpaired) electrons. The van der Waals surface area contributed by atoms with Gasteiger partial charge in [-0.15, -0.1) is 0 Å². The standard InChI is InChI=1S/C22H29N7O5/c1-3-24-21(33)18-16(31)17(32)22(34-18)29-11-25-15-19(23)26-14(27-20(15)29)6-4-5-13-7-9-28(10-8-13)12(2)30/h11,13,16-18,22,31-32H,3,5,7-10H2,1-2H3,(H,24,33)(H2,23,26,27)/t16-,17+,18-,22+/m0/s1. The average molecular weight is 472 g/mol. The Morgan fingerprint density at radius 3 is 2.68 bits per heavy atom. The van der Waals surface area contributed by atoms with Crippen LogP contribution in [-0.4, -0.2) is 84.4 Å². The number of carbonyl (C=O) groups is 2. The lowest BCUT2D eigenvalue weighted by Gasteiger charge is -2.30. The van der Waals surface area contributed by atoms with E-state index >= 15 is 0 Å². The van der Waals surface area contributed by atoms with Crippen molar-refractivity contribution in [3.63, 3.8) is 0 Å². The molecule has 0 unspecified atom stereocenters. The first-order valence-corrected chi connectivity index (χ1v) is 11.3. The number of carbonyl (C=O) groups excluding carboxylic acids is 2. The molecule has 2 fully saturated rings. The maximum Gasteiger partial charge on any atom is 0.252 e. The van der Waals surface area contributed by atoms with Crippen molar-refractivity contribution in [1.82, 2.24) is 29.7 Å². The van der Waals surface area contributed by atoms with Crippen LogP contribution in [0, 0.1) is 17.8 Å². The zero-order valence-corrected chi connectivity index (χ0v) is 19.1. The Balaban J connectivity index is 1.52. The summed E-state index contributed by atoms with van der Waals surface area (Å²) in [7, 11) is 0. The number of anilines is 1. The number of aliphatic hydroxyl groups excluding tert-OH is 2. The van der Waals surface area contributed by atoms with E-state index in [1.54, 1.807) is 13.8 Å². The zero-order valence-electron chi connectivity index (χ0n) is 19.1. The maximum atomic E-state index is 12.2. The van der Waals surface area contributed by atoms with Crippen LogP contribution in [0.2, 0.25) is 0 Å². The van der Waals surface area contributed by atoms with Crippen LogP contribution >= 0.6 is 0 Å². The number of fused-ring (bicyclic) bond motifs is 1. The Hall–Kier alpha value is -3.27. The van der Waals surface area contributed by atoms with E-state index < -0.39 is 30.4 Å². The summed E-state index contributed by atoms with van der Waals surface area (Å²) in [5.74, 6) is 6.33. The number of amides is 2. The summed E-state index contributed by atoms with van der Waals surface area (Å²) < 4.78 is 7.08. The molecule has 4 atom stereocenters.